The molecule has 4 heterocycles. The highest BCUT2D eigenvalue weighted by Crippen LogP contribution is 2.41. The van der Waals surface area contributed by atoms with Crippen LogP contribution in [0.4, 0.5) is 22.0 Å². The predicted octanol–water partition coefficient (Wildman–Crippen LogP) is 4.56. The van der Waals surface area contributed by atoms with Crippen molar-refractivity contribution >= 4 is 28.5 Å². The lowest BCUT2D eigenvalue weighted by molar-refractivity contribution is -0.158. The lowest BCUT2D eigenvalue weighted by Crippen LogP contribution is -2.48. The number of hydrogen-bond acceptors (Lipinski definition) is 4. The van der Waals surface area contributed by atoms with Gasteiger partial charge < -0.3 is 5.32 Å². The van der Waals surface area contributed by atoms with Crippen molar-refractivity contribution in [2.45, 2.75) is 43.4 Å². The number of carbonyl (C=O) groups excluding carboxylic acids is 1. The average Bonchev–Trinajstić information content (AvgIpc) is 3.75. The van der Waals surface area contributed by atoms with Crippen LogP contribution < -0.4 is 10.7 Å². The minimum absolute atomic E-state index is 0.0309. The number of alkyl halides is 3. The molecule has 3 fully saturated rings. The van der Waals surface area contributed by atoms with E-state index in [0.29, 0.717) is 30.6 Å². The summed E-state index contributed by atoms with van der Waals surface area (Å²) >= 11 is 6.16. The van der Waals surface area contributed by atoms with Crippen molar-refractivity contribution in [2.24, 2.45) is 5.92 Å². The summed E-state index contributed by atoms with van der Waals surface area (Å²) in [7, 11) is 0. The largest absolute Gasteiger partial charge is 0.408 e. The number of fused-ring (bicyclic) bond motifs is 2. The van der Waals surface area contributed by atoms with Crippen LogP contribution in [0.1, 0.15) is 41.2 Å². The fourth-order valence-corrected chi connectivity index (χ4v) is 5.51. The zero-order valence-corrected chi connectivity index (χ0v) is 19.9. The van der Waals surface area contributed by atoms with Gasteiger partial charge in [0.1, 0.15) is 28.8 Å². The molecule has 194 valence electrons. The lowest BCUT2D eigenvalue weighted by atomic mass is 10.00. The summed E-state index contributed by atoms with van der Waals surface area (Å²) in [5.41, 5.74) is -1.24. The Hall–Kier alpha value is -3.05. The van der Waals surface area contributed by atoms with Gasteiger partial charge in [-0.05, 0) is 43.4 Å². The summed E-state index contributed by atoms with van der Waals surface area (Å²) in [6.07, 6.45) is -2.30. The number of aromatic nitrogens is 2. The number of piperidine rings is 1. The number of hydrogen-bond donors (Lipinski definition) is 1. The van der Waals surface area contributed by atoms with E-state index in [0.717, 1.165) is 36.3 Å². The van der Waals surface area contributed by atoms with Crippen LogP contribution >= 0.6 is 11.6 Å². The van der Waals surface area contributed by atoms with Gasteiger partial charge in [-0.3, -0.25) is 19.1 Å². The van der Waals surface area contributed by atoms with Crippen molar-refractivity contribution in [1.29, 1.82) is 0 Å². The Morgan fingerprint density at radius 1 is 1.16 bits per heavy atom. The van der Waals surface area contributed by atoms with Gasteiger partial charge in [-0.25, -0.2) is 13.8 Å². The predicted molar refractivity (Wildman–Crippen MR) is 125 cm³/mol. The summed E-state index contributed by atoms with van der Waals surface area (Å²) in [5, 5.41) is 1.47. The Balaban J connectivity index is 1.51. The Kier molecular flexibility index (Phi) is 5.57. The summed E-state index contributed by atoms with van der Waals surface area (Å²) in [6, 6.07) is 2.88. The van der Waals surface area contributed by atoms with Gasteiger partial charge in [-0.2, -0.15) is 13.2 Å². The van der Waals surface area contributed by atoms with Gasteiger partial charge in [0.15, 0.2) is 5.82 Å². The van der Waals surface area contributed by atoms with E-state index in [-0.39, 0.29) is 27.7 Å². The van der Waals surface area contributed by atoms with Gasteiger partial charge in [0.25, 0.3) is 5.91 Å². The van der Waals surface area contributed by atoms with Crippen molar-refractivity contribution < 1.29 is 26.7 Å². The molecule has 6 rings (SSSR count). The fourth-order valence-electron chi connectivity index (χ4n) is 5.23. The summed E-state index contributed by atoms with van der Waals surface area (Å²) < 4.78 is 70.4. The molecular formula is C25H20ClF5N4O2. The number of benzene rings is 1. The molecule has 6 nitrogen and oxygen atoms in total. The highest BCUT2D eigenvalue weighted by atomic mass is 35.5. The molecule has 3 aliphatic rings. The van der Waals surface area contributed by atoms with Crippen molar-refractivity contribution in [1.82, 2.24) is 19.8 Å². The molecule has 1 saturated carbocycles. The van der Waals surface area contributed by atoms with Crippen molar-refractivity contribution in [3.63, 3.8) is 0 Å². The Bertz CT molecular complexity index is 1470. The van der Waals surface area contributed by atoms with Crippen LogP contribution in [0.5, 0.6) is 0 Å². The third-order valence-corrected chi connectivity index (χ3v) is 7.62. The Morgan fingerprint density at radius 3 is 2.54 bits per heavy atom. The second kappa shape index (κ2) is 8.49. The molecule has 4 atom stereocenters. The zero-order chi connectivity index (χ0) is 26.2. The van der Waals surface area contributed by atoms with Crippen LogP contribution in [0.15, 0.2) is 35.3 Å². The fraction of sp³-hybridized carbons (Fsp3) is 0.400. The summed E-state index contributed by atoms with van der Waals surface area (Å²) in [6.45, 7) is 1.79. The van der Waals surface area contributed by atoms with Gasteiger partial charge in [0.2, 0.25) is 5.43 Å². The first-order chi connectivity index (χ1) is 17.5. The van der Waals surface area contributed by atoms with Gasteiger partial charge in [0.05, 0.1) is 10.4 Å². The molecule has 37 heavy (non-hydrogen) atoms. The molecule has 12 heteroatoms. The minimum Gasteiger partial charge on any atom is -0.340 e. The Morgan fingerprint density at radius 2 is 1.92 bits per heavy atom. The average molecular weight is 539 g/mol. The number of pyridine rings is 2. The SMILES string of the molecule is O=C(N[C@H](C1CC1)C(F)(F)F)c1cn(-c2c(F)cc(F)cc2Cl)c2nc(C3CC4CN4C3)ccc2c1=O. The number of amides is 1. The van der Waals surface area contributed by atoms with E-state index >= 15 is 0 Å². The maximum absolute atomic E-state index is 15.0. The molecule has 2 saturated heterocycles. The number of carbonyl (C=O) groups is 1. The van der Waals surface area contributed by atoms with Crippen LogP contribution in [0.3, 0.4) is 0 Å². The summed E-state index contributed by atoms with van der Waals surface area (Å²) in [4.78, 5) is 33.1. The quantitative estimate of drug-likeness (QED) is 0.382. The van der Waals surface area contributed by atoms with Gasteiger partial charge in [0, 0.05) is 43.0 Å². The van der Waals surface area contributed by atoms with E-state index in [1.165, 1.54) is 6.07 Å². The van der Waals surface area contributed by atoms with Gasteiger partial charge in [-0.15, -0.1) is 0 Å². The zero-order valence-electron chi connectivity index (χ0n) is 19.2. The normalized spacial score (nSPS) is 23.7. The molecule has 3 unspecified atom stereocenters. The van der Waals surface area contributed by atoms with Crippen LogP contribution in [0.2, 0.25) is 5.02 Å². The minimum atomic E-state index is -4.70. The van der Waals surface area contributed by atoms with E-state index < -0.39 is 46.7 Å². The van der Waals surface area contributed by atoms with E-state index in [1.807, 2.05) is 5.32 Å². The van der Waals surface area contributed by atoms with Crippen LogP contribution in [0.25, 0.3) is 16.7 Å². The maximum atomic E-state index is 15.0. The molecule has 3 aromatic rings. The van der Waals surface area contributed by atoms with Crippen molar-refractivity contribution in [2.75, 3.05) is 13.1 Å². The standard InChI is InChI=1S/C25H20ClF5N4O2/c26-17-6-13(27)7-18(28)20(17)35-10-16(24(37)33-22(11-1-2-11)25(29,30)31)21(36)15-3-4-19(32-23(15)35)12-5-14-9-34(14)8-12/h3-4,6-7,10-12,14,22H,1-2,5,8-9H2,(H,33,37)/t12?,14?,22-,34?/m1/s1. The molecule has 1 aromatic carbocycles. The maximum Gasteiger partial charge on any atom is 0.408 e. The lowest BCUT2D eigenvalue weighted by Gasteiger charge is -2.22. The van der Waals surface area contributed by atoms with Crippen molar-refractivity contribution in [3.05, 3.63) is 68.6 Å². The van der Waals surface area contributed by atoms with Gasteiger partial charge >= 0.3 is 6.18 Å². The number of rotatable bonds is 5. The molecule has 0 spiro atoms. The third kappa shape index (κ3) is 4.37. The van der Waals surface area contributed by atoms with Gasteiger partial charge in [-0.1, -0.05) is 11.6 Å². The number of halogens is 6. The van der Waals surface area contributed by atoms with Crippen LogP contribution in [0, 0.1) is 17.6 Å². The second-order valence-electron chi connectivity index (χ2n) is 9.94. The van der Waals surface area contributed by atoms with E-state index in [9.17, 15) is 31.5 Å². The monoisotopic (exact) mass is 538 g/mol. The molecule has 1 aliphatic carbocycles. The smallest absolute Gasteiger partial charge is 0.340 e. The molecule has 1 N–H and O–H groups in total. The van der Waals surface area contributed by atoms with E-state index in [1.54, 1.807) is 6.07 Å². The topological polar surface area (TPSA) is 67.0 Å². The first kappa shape index (κ1) is 24.3. The number of nitrogens with one attached hydrogen (secondary N) is 1. The van der Waals surface area contributed by atoms with Crippen molar-refractivity contribution in [3.8, 4) is 5.69 Å². The third-order valence-electron chi connectivity index (χ3n) is 7.33. The molecule has 2 aliphatic heterocycles. The summed E-state index contributed by atoms with van der Waals surface area (Å²) in [5.74, 6) is -3.98. The second-order valence-corrected chi connectivity index (χ2v) is 10.3. The first-order valence-corrected chi connectivity index (χ1v) is 12.2. The molecular weight excluding hydrogens is 519 g/mol. The molecule has 0 radical (unpaired) electrons. The van der Waals surface area contributed by atoms with E-state index in [2.05, 4.69) is 9.88 Å². The highest BCUT2D eigenvalue weighted by Gasteiger charge is 2.50. The van der Waals surface area contributed by atoms with Crippen LogP contribution in [-0.2, 0) is 0 Å². The molecule has 1 amide bonds. The first-order valence-electron chi connectivity index (χ1n) is 11.8. The molecule has 0 bridgehead atoms. The molecule has 2 aromatic heterocycles. The van der Waals surface area contributed by atoms with Crippen LogP contribution in [-0.4, -0.2) is 51.7 Å². The van der Waals surface area contributed by atoms with E-state index in [4.69, 9.17) is 11.6 Å². The number of nitrogens with zero attached hydrogens (tertiary/aromatic N) is 3. The highest BCUT2D eigenvalue weighted by molar-refractivity contribution is 6.32. The Labute approximate surface area is 212 Å².